The molecule has 0 aliphatic heterocycles. The largest absolute Gasteiger partial charge is 0.459 e. The van der Waals surface area contributed by atoms with E-state index in [2.05, 4.69) is 34.8 Å². The third-order valence-corrected chi connectivity index (χ3v) is 3.82. The first-order chi connectivity index (χ1) is 11.1. The predicted octanol–water partition coefficient (Wildman–Crippen LogP) is 3.61. The second-order valence-electron chi connectivity index (χ2n) is 6.01. The first-order valence-electron chi connectivity index (χ1n) is 7.91. The molecular weight excluding hydrogens is 290 g/mol. The van der Waals surface area contributed by atoms with Gasteiger partial charge in [-0.3, -0.25) is 4.79 Å². The van der Waals surface area contributed by atoms with Gasteiger partial charge in [0.1, 0.15) is 5.82 Å². The molecule has 0 unspecified atom stereocenters. The molecule has 2 heterocycles. The third-order valence-electron chi connectivity index (χ3n) is 3.82. The van der Waals surface area contributed by atoms with Gasteiger partial charge in [0, 0.05) is 6.54 Å². The van der Waals surface area contributed by atoms with Gasteiger partial charge in [-0.1, -0.05) is 26.0 Å². The fraction of sp³-hybridized carbons (Fsp3) is 0.333. The number of aromatic nitrogens is 2. The minimum atomic E-state index is -0.225. The van der Waals surface area contributed by atoms with Gasteiger partial charge in [0.2, 0.25) is 0 Å². The highest BCUT2D eigenvalue weighted by atomic mass is 16.3. The van der Waals surface area contributed by atoms with Crippen molar-refractivity contribution in [1.82, 2.24) is 14.9 Å². The van der Waals surface area contributed by atoms with Crippen LogP contribution in [0.25, 0.3) is 11.0 Å². The lowest BCUT2D eigenvalue weighted by atomic mass is 10.1. The van der Waals surface area contributed by atoms with Gasteiger partial charge < -0.3 is 14.3 Å². The average Bonchev–Trinajstić information content (AvgIpc) is 3.18. The molecular formula is C18H21N3O2. The molecule has 3 rings (SSSR count). The molecule has 0 saturated carbocycles. The fourth-order valence-electron chi connectivity index (χ4n) is 2.55. The lowest BCUT2D eigenvalue weighted by Gasteiger charge is -2.11. The van der Waals surface area contributed by atoms with Gasteiger partial charge in [0.25, 0.3) is 5.91 Å². The molecule has 0 fully saturated rings. The van der Waals surface area contributed by atoms with Crippen LogP contribution in [0.1, 0.15) is 36.6 Å². The van der Waals surface area contributed by atoms with E-state index in [9.17, 15) is 4.79 Å². The van der Waals surface area contributed by atoms with Crippen LogP contribution in [0.4, 0.5) is 0 Å². The number of carbonyl (C=O) groups excluding carboxylic acids is 1. The Morgan fingerprint density at radius 1 is 1.26 bits per heavy atom. The van der Waals surface area contributed by atoms with Crippen molar-refractivity contribution in [2.75, 3.05) is 0 Å². The minimum absolute atomic E-state index is 0.225. The van der Waals surface area contributed by atoms with Crippen LogP contribution in [0, 0.1) is 5.92 Å². The average molecular weight is 311 g/mol. The summed E-state index contributed by atoms with van der Waals surface area (Å²) in [6.45, 7) is 5.69. The van der Waals surface area contributed by atoms with E-state index in [4.69, 9.17) is 4.42 Å². The topological polar surface area (TPSA) is 60.1 Å². The highest BCUT2D eigenvalue weighted by Gasteiger charge is 2.13. The van der Waals surface area contributed by atoms with E-state index in [0.29, 0.717) is 18.2 Å². The summed E-state index contributed by atoms with van der Waals surface area (Å²) < 4.78 is 7.30. The summed E-state index contributed by atoms with van der Waals surface area (Å²) in [6.07, 6.45) is 2.56. The number of benzene rings is 1. The summed E-state index contributed by atoms with van der Waals surface area (Å²) in [7, 11) is 0. The summed E-state index contributed by atoms with van der Waals surface area (Å²) in [4.78, 5) is 16.7. The fourth-order valence-corrected chi connectivity index (χ4v) is 2.55. The molecule has 120 valence electrons. The zero-order chi connectivity index (χ0) is 16.2. The zero-order valence-electron chi connectivity index (χ0n) is 13.5. The Labute approximate surface area is 135 Å². The van der Waals surface area contributed by atoms with E-state index in [1.165, 1.54) is 6.26 Å². The number of imidazole rings is 1. The van der Waals surface area contributed by atoms with E-state index in [-0.39, 0.29) is 5.91 Å². The number of para-hydroxylation sites is 2. The van der Waals surface area contributed by atoms with Crippen LogP contribution in [0.2, 0.25) is 0 Å². The maximum atomic E-state index is 12.0. The van der Waals surface area contributed by atoms with Crippen LogP contribution >= 0.6 is 0 Å². The van der Waals surface area contributed by atoms with Crippen molar-refractivity contribution < 1.29 is 9.21 Å². The summed E-state index contributed by atoms with van der Waals surface area (Å²) in [6, 6.07) is 11.4. The van der Waals surface area contributed by atoms with Crippen molar-refractivity contribution in [2.45, 2.75) is 33.4 Å². The van der Waals surface area contributed by atoms with Crippen molar-refractivity contribution in [3.8, 4) is 0 Å². The molecule has 0 saturated heterocycles. The van der Waals surface area contributed by atoms with E-state index in [1.807, 2.05) is 18.2 Å². The summed E-state index contributed by atoms with van der Waals surface area (Å²) in [5.41, 5.74) is 2.06. The Morgan fingerprint density at radius 2 is 2.09 bits per heavy atom. The van der Waals surface area contributed by atoms with Gasteiger partial charge in [-0.05, 0) is 36.6 Å². The minimum Gasteiger partial charge on any atom is -0.459 e. The molecule has 3 aromatic rings. The van der Waals surface area contributed by atoms with Crippen molar-refractivity contribution >= 4 is 16.9 Å². The van der Waals surface area contributed by atoms with E-state index < -0.39 is 0 Å². The normalized spacial score (nSPS) is 11.3. The van der Waals surface area contributed by atoms with E-state index in [1.54, 1.807) is 12.1 Å². The van der Waals surface area contributed by atoms with Gasteiger partial charge >= 0.3 is 0 Å². The Kier molecular flexibility index (Phi) is 4.46. The van der Waals surface area contributed by atoms with Gasteiger partial charge in [-0.15, -0.1) is 0 Å². The molecule has 2 aromatic heterocycles. The number of hydrogen-bond donors (Lipinski definition) is 1. The maximum absolute atomic E-state index is 12.0. The molecule has 1 amide bonds. The SMILES string of the molecule is CC(C)CCn1c(CNC(=O)c2ccco2)nc2ccccc21. The van der Waals surface area contributed by atoms with Crippen LogP contribution in [0.15, 0.2) is 47.1 Å². The lowest BCUT2D eigenvalue weighted by Crippen LogP contribution is -2.24. The summed E-state index contributed by atoms with van der Waals surface area (Å²) in [5.74, 6) is 1.57. The number of amides is 1. The number of rotatable bonds is 6. The Bertz CT molecular complexity index is 788. The number of carbonyl (C=O) groups is 1. The number of furan rings is 1. The van der Waals surface area contributed by atoms with Crippen molar-refractivity contribution in [2.24, 2.45) is 5.92 Å². The molecule has 5 heteroatoms. The second-order valence-corrected chi connectivity index (χ2v) is 6.01. The van der Waals surface area contributed by atoms with Gasteiger partial charge in [-0.25, -0.2) is 4.98 Å². The zero-order valence-corrected chi connectivity index (χ0v) is 13.5. The first-order valence-corrected chi connectivity index (χ1v) is 7.91. The smallest absolute Gasteiger partial charge is 0.287 e. The molecule has 0 bridgehead atoms. The first kappa shape index (κ1) is 15.3. The molecule has 0 radical (unpaired) electrons. The summed E-state index contributed by atoms with van der Waals surface area (Å²) >= 11 is 0. The second kappa shape index (κ2) is 6.69. The van der Waals surface area contributed by atoms with Crippen LogP contribution in [0.5, 0.6) is 0 Å². The maximum Gasteiger partial charge on any atom is 0.287 e. The Morgan fingerprint density at radius 3 is 2.83 bits per heavy atom. The molecule has 0 aliphatic carbocycles. The molecule has 1 aromatic carbocycles. The molecule has 0 aliphatic rings. The van der Waals surface area contributed by atoms with Gasteiger partial charge in [0.05, 0.1) is 23.8 Å². The van der Waals surface area contributed by atoms with E-state index in [0.717, 1.165) is 29.8 Å². The molecule has 0 atom stereocenters. The van der Waals surface area contributed by atoms with Crippen LogP contribution in [0.3, 0.4) is 0 Å². The highest BCUT2D eigenvalue weighted by molar-refractivity contribution is 5.91. The van der Waals surface area contributed by atoms with Crippen LogP contribution < -0.4 is 5.32 Å². The Hall–Kier alpha value is -2.56. The van der Waals surface area contributed by atoms with Crippen molar-refractivity contribution in [1.29, 1.82) is 0 Å². The van der Waals surface area contributed by atoms with Gasteiger partial charge in [0.15, 0.2) is 5.76 Å². The van der Waals surface area contributed by atoms with Crippen molar-refractivity contribution in [3.63, 3.8) is 0 Å². The highest BCUT2D eigenvalue weighted by Crippen LogP contribution is 2.18. The van der Waals surface area contributed by atoms with E-state index >= 15 is 0 Å². The molecule has 5 nitrogen and oxygen atoms in total. The Balaban J connectivity index is 1.81. The van der Waals surface area contributed by atoms with Crippen LogP contribution in [-0.4, -0.2) is 15.5 Å². The molecule has 1 N–H and O–H groups in total. The van der Waals surface area contributed by atoms with Crippen LogP contribution in [-0.2, 0) is 13.1 Å². The lowest BCUT2D eigenvalue weighted by molar-refractivity contribution is 0.0921. The standard InChI is InChI=1S/C18H21N3O2/c1-13(2)9-10-21-15-7-4-3-6-14(15)20-17(21)12-19-18(22)16-8-5-11-23-16/h3-8,11,13H,9-10,12H2,1-2H3,(H,19,22). The summed E-state index contributed by atoms with van der Waals surface area (Å²) in [5, 5.41) is 2.87. The predicted molar refractivity (Wildman–Crippen MR) is 89.1 cm³/mol. The third kappa shape index (κ3) is 3.44. The number of hydrogen-bond acceptors (Lipinski definition) is 3. The number of nitrogens with one attached hydrogen (secondary N) is 1. The van der Waals surface area contributed by atoms with Gasteiger partial charge in [-0.2, -0.15) is 0 Å². The number of nitrogens with zero attached hydrogens (tertiary/aromatic N) is 2. The molecule has 23 heavy (non-hydrogen) atoms. The quantitative estimate of drug-likeness (QED) is 0.756. The number of fused-ring (bicyclic) bond motifs is 1. The molecule has 0 spiro atoms. The monoisotopic (exact) mass is 311 g/mol. The van der Waals surface area contributed by atoms with Crippen molar-refractivity contribution in [3.05, 3.63) is 54.2 Å². The number of aryl methyl sites for hydroxylation is 1.